The van der Waals surface area contributed by atoms with Crippen LogP contribution in [0.15, 0.2) is 291 Å². The number of rotatable bonds is 6. The van der Waals surface area contributed by atoms with Crippen LogP contribution in [-0.2, 0) is 0 Å². The van der Waals surface area contributed by atoms with Crippen molar-refractivity contribution in [2.45, 2.75) is 0 Å². The summed E-state index contributed by atoms with van der Waals surface area (Å²) in [5.41, 5.74) is 14.9. The van der Waals surface area contributed by atoms with Crippen LogP contribution in [0.25, 0.3) is 164 Å². The number of hydrogen-bond acceptors (Lipinski definition) is 0. The molecule has 0 aliphatic rings. The molecule has 0 unspecified atom stereocenters. The lowest BCUT2D eigenvalue weighted by atomic mass is 9.82. The van der Waals surface area contributed by atoms with Gasteiger partial charge in [0.1, 0.15) is 0 Å². The standard InChI is InChI=1S/C78H48/c1-5-25-59-49(17-1)21-13-33-63(59)75-67-29-9-11-31-69(67)77(65-35-15-23-51-19-3-7-27-61(51)65)73-47-57(41-43-71(73)75)55-39-37-54-46-56(40-38-53(54)45-55)58-42-44-72-74(48-58)78(66-36-16-24-52-20-4-8-28-62(52)66)70-32-12-10-30-68(70)76(72)64-34-14-22-50-18-2-6-26-60(50)64/h1-48H. The summed E-state index contributed by atoms with van der Waals surface area (Å²) in [7, 11) is 0. The highest BCUT2D eigenvalue weighted by Crippen LogP contribution is 2.50. The van der Waals surface area contributed by atoms with Crippen molar-refractivity contribution >= 4 is 97.0 Å². The van der Waals surface area contributed by atoms with E-state index in [0.717, 1.165) is 0 Å². The van der Waals surface area contributed by atoms with Crippen molar-refractivity contribution in [1.82, 2.24) is 0 Å². The van der Waals surface area contributed by atoms with Crippen molar-refractivity contribution in [2.75, 3.05) is 0 Å². The van der Waals surface area contributed by atoms with Crippen molar-refractivity contribution < 1.29 is 0 Å². The quantitative estimate of drug-likeness (QED) is 0.146. The van der Waals surface area contributed by atoms with E-state index in [-0.39, 0.29) is 0 Å². The molecule has 0 fully saturated rings. The first-order valence-electron chi connectivity index (χ1n) is 27.1. The van der Waals surface area contributed by atoms with Gasteiger partial charge in [0.15, 0.2) is 0 Å². The zero-order valence-electron chi connectivity index (χ0n) is 42.7. The van der Waals surface area contributed by atoms with Crippen molar-refractivity contribution in [3.05, 3.63) is 291 Å². The van der Waals surface area contributed by atoms with Gasteiger partial charge in [-0.25, -0.2) is 0 Å². The Labute approximate surface area is 452 Å². The molecule has 0 bridgehead atoms. The van der Waals surface area contributed by atoms with Crippen molar-refractivity contribution in [1.29, 1.82) is 0 Å². The number of hydrogen-bond donors (Lipinski definition) is 0. The Bertz CT molecular complexity index is 4810. The minimum Gasteiger partial charge on any atom is -0.0616 e. The summed E-state index contributed by atoms with van der Waals surface area (Å²) in [5, 5.41) is 22.4. The molecule has 0 aromatic heterocycles. The smallest absolute Gasteiger partial charge is 0.00199 e. The van der Waals surface area contributed by atoms with Gasteiger partial charge in [0.2, 0.25) is 0 Å². The summed E-state index contributed by atoms with van der Waals surface area (Å²) >= 11 is 0. The van der Waals surface area contributed by atoms with Crippen LogP contribution in [0.4, 0.5) is 0 Å². The Morgan fingerprint density at radius 3 is 0.679 bits per heavy atom. The third kappa shape index (κ3) is 6.94. The highest BCUT2D eigenvalue weighted by molar-refractivity contribution is 6.27. The minimum absolute atomic E-state index is 1.19. The summed E-state index contributed by atoms with van der Waals surface area (Å²) in [6.07, 6.45) is 0. The third-order valence-electron chi connectivity index (χ3n) is 16.8. The molecule has 78 heavy (non-hydrogen) atoms. The molecule has 360 valence electrons. The summed E-state index contributed by atoms with van der Waals surface area (Å²) in [4.78, 5) is 0. The highest BCUT2D eigenvalue weighted by atomic mass is 14.3. The van der Waals surface area contributed by atoms with Crippen LogP contribution >= 0.6 is 0 Å². The molecule has 0 nitrogen and oxygen atoms in total. The largest absolute Gasteiger partial charge is 0.0616 e. The number of benzene rings is 16. The fourth-order valence-corrected chi connectivity index (χ4v) is 13.3. The predicted octanol–water partition coefficient (Wildman–Crippen LogP) is 22.1. The Hall–Kier alpha value is -10.1. The Morgan fingerprint density at radius 2 is 0.359 bits per heavy atom. The summed E-state index contributed by atoms with van der Waals surface area (Å²) in [5.74, 6) is 0. The molecule has 16 aromatic carbocycles. The van der Waals surface area contributed by atoms with Gasteiger partial charge < -0.3 is 0 Å². The van der Waals surface area contributed by atoms with Gasteiger partial charge in [-0.3, -0.25) is 0 Å². The maximum atomic E-state index is 2.46. The molecule has 0 saturated heterocycles. The molecule has 0 aliphatic heterocycles. The van der Waals surface area contributed by atoms with Crippen LogP contribution in [0.2, 0.25) is 0 Å². The molecule has 0 radical (unpaired) electrons. The van der Waals surface area contributed by atoms with E-state index in [0.29, 0.717) is 0 Å². The molecule has 0 saturated carbocycles. The monoisotopic (exact) mass is 984 g/mol. The van der Waals surface area contributed by atoms with Gasteiger partial charge in [0, 0.05) is 0 Å². The molecule has 0 atom stereocenters. The van der Waals surface area contributed by atoms with Gasteiger partial charge in [-0.1, -0.05) is 267 Å². The van der Waals surface area contributed by atoms with Crippen LogP contribution in [0.3, 0.4) is 0 Å². The highest BCUT2D eigenvalue weighted by Gasteiger charge is 2.22. The van der Waals surface area contributed by atoms with E-state index in [2.05, 4.69) is 291 Å². The molecule has 0 heteroatoms. The van der Waals surface area contributed by atoms with Crippen LogP contribution in [0, 0.1) is 0 Å². The molecule has 0 heterocycles. The second-order valence-electron chi connectivity index (χ2n) is 21.0. The van der Waals surface area contributed by atoms with Crippen molar-refractivity contribution in [2.24, 2.45) is 0 Å². The molecule has 16 rings (SSSR count). The Morgan fingerprint density at radius 1 is 0.128 bits per heavy atom. The van der Waals surface area contributed by atoms with Gasteiger partial charge in [-0.2, -0.15) is 0 Å². The lowest BCUT2D eigenvalue weighted by molar-refractivity contribution is 1.65. The van der Waals surface area contributed by atoms with Gasteiger partial charge in [0.25, 0.3) is 0 Å². The Kier molecular flexibility index (Phi) is 10.0. The lowest BCUT2D eigenvalue weighted by Gasteiger charge is -2.20. The maximum Gasteiger partial charge on any atom is -0.00199 e. The first kappa shape index (κ1) is 44.2. The van der Waals surface area contributed by atoms with E-state index >= 15 is 0 Å². The molecule has 16 aromatic rings. The average Bonchev–Trinajstić information content (AvgIpc) is 3.60. The Balaban J connectivity index is 0.880. The minimum atomic E-state index is 1.19. The fourth-order valence-electron chi connectivity index (χ4n) is 13.3. The van der Waals surface area contributed by atoms with Crippen molar-refractivity contribution in [3.63, 3.8) is 0 Å². The van der Waals surface area contributed by atoms with E-state index < -0.39 is 0 Å². The van der Waals surface area contributed by atoms with Crippen molar-refractivity contribution in [3.8, 4) is 66.8 Å². The van der Waals surface area contributed by atoms with Gasteiger partial charge in [-0.05, 0) is 188 Å². The average molecular weight is 985 g/mol. The summed E-state index contributed by atoms with van der Waals surface area (Å²) < 4.78 is 0. The zero-order chi connectivity index (χ0) is 51.3. The fraction of sp³-hybridized carbons (Fsp3) is 0. The van der Waals surface area contributed by atoms with E-state index in [1.54, 1.807) is 0 Å². The second kappa shape index (κ2) is 17.7. The molecule has 0 N–H and O–H groups in total. The van der Waals surface area contributed by atoms with Crippen LogP contribution in [0.1, 0.15) is 0 Å². The van der Waals surface area contributed by atoms with E-state index in [1.165, 1.54) is 164 Å². The molecule has 0 spiro atoms. The normalized spacial score (nSPS) is 11.8. The van der Waals surface area contributed by atoms with Gasteiger partial charge >= 0.3 is 0 Å². The van der Waals surface area contributed by atoms with E-state index in [9.17, 15) is 0 Å². The number of fused-ring (bicyclic) bond motifs is 9. The maximum absolute atomic E-state index is 2.46. The summed E-state index contributed by atoms with van der Waals surface area (Å²) in [6.45, 7) is 0. The lowest BCUT2D eigenvalue weighted by Crippen LogP contribution is -1.93. The predicted molar refractivity (Wildman–Crippen MR) is 337 cm³/mol. The zero-order valence-corrected chi connectivity index (χ0v) is 42.7. The molecule has 0 aliphatic carbocycles. The molecule has 0 amide bonds. The topological polar surface area (TPSA) is 0 Å². The molecular weight excluding hydrogens is 937 g/mol. The van der Waals surface area contributed by atoms with Crippen LogP contribution in [-0.4, -0.2) is 0 Å². The van der Waals surface area contributed by atoms with Gasteiger partial charge in [-0.15, -0.1) is 0 Å². The van der Waals surface area contributed by atoms with E-state index in [4.69, 9.17) is 0 Å². The van der Waals surface area contributed by atoms with Gasteiger partial charge in [0.05, 0.1) is 0 Å². The third-order valence-corrected chi connectivity index (χ3v) is 16.8. The first-order chi connectivity index (χ1) is 38.7. The molecular formula is C78H48. The van der Waals surface area contributed by atoms with Crippen LogP contribution in [0.5, 0.6) is 0 Å². The SMILES string of the molecule is c1ccc2c(-c3c4ccccc4c(-c4cccc5ccccc45)c4cc(-c5ccc6cc(-c7ccc8c(-c9cccc%10ccccc9%10)c9ccccc9c(-c9cccc%10ccccc9%10)c8c7)ccc6c5)ccc34)cccc2c1. The van der Waals surface area contributed by atoms with Crippen LogP contribution < -0.4 is 0 Å². The van der Waals surface area contributed by atoms with E-state index in [1.807, 2.05) is 0 Å². The first-order valence-corrected chi connectivity index (χ1v) is 27.1. The second-order valence-corrected chi connectivity index (χ2v) is 21.0. The summed E-state index contributed by atoms with van der Waals surface area (Å²) in [6, 6.07) is 109.